The van der Waals surface area contributed by atoms with Crippen molar-refractivity contribution in [3.8, 4) is 0 Å². The monoisotopic (exact) mass is 235 g/mol. The fraction of sp³-hybridized carbons (Fsp3) is 0.417. The van der Waals surface area contributed by atoms with Gasteiger partial charge in [-0.05, 0) is 20.0 Å². The van der Waals surface area contributed by atoms with Crippen LogP contribution in [0.3, 0.4) is 0 Å². The molecule has 0 bridgehead atoms. The molecule has 0 atom stereocenters. The van der Waals surface area contributed by atoms with E-state index in [1.54, 1.807) is 12.5 Å². The Morgan fingerprint density at radius 1 is 1.41 bits per heavy atom. The van der Waals surface area contributed by atoms with E-state index in [1.807, 2.05) is 32.0 Å². The summed E-state index contributed by atoms with van der Waals surface area (Å²) in [5, 5.41) is 3.03. The second-order valence-corrected chi connectivity index (χ2v) is 4.01. The zero-order valence-corrected chi connectivity index (χ0v) is 10.4. The maximum Gasteiger partial charge on any atom is 0.297 e. The van der Waals surface area contributed by atoms with Gasteiger partial charge in [0.05, 0.1) is 18.5 Å². The molecule has 0 saturated carbocycles. The number of hydrogen-bond donors (Lipinski definition) is 1. The van der Waals surface area contributed by atoms with Gasteiger partial charge in [0, 0.05) is 19.2 Å². The van der Waals surface area contributed by atoms with Gasteiger partial charge < -0.3 is 19.1 Å². The van der Waals surface area contributed by atoms with E-state index in [-0.39, 0.29) is 0 Å². The molecule has 0 saturated heterocycles. The zero-order chi connectivity index (χ0) is 12.3. The zero-order valence-electron chi connectivity index (χ0n) is 10.4. The lowest BCUT2D eigenvalue weighted by Crippen LogP contribution is -2.17. The summed E-state index contributed by atoms with van der Waals surface area (Å²) < 4.78 is 10.7. The summed E-state index contributed by atoms with van der Waals surface area (Å²) in [4.78, 5) is 6.33. The van der Waals surface area contributed by atoms with Crippen LogP contribution >= 0.6 is 0 Å². The summed E-state index contributed by atoms with van der Waals surface area (Å²) in [6, 6.07) is 2.58. The van der Waals surface area contributed by atoms with E-state index in [0.717, 1.165) is 23.6 Å². The summed E-state index contributed by atoms with van der Waals surface area (Å²) in [7, 11) is 3.83. The Balaban J connectivity index is 2.04. The highest BCUT2D eigenvalue weighted by Crippen LogP contribution is 2.17. The van der Waals surface area contributed by atoms with Crippen LogP contribution in [0.1, 0.15) is 17.0 Å². The van der Waals surface area contributed by atoms with Gasteiger partial charge in [0.2, 0.25) is 0 Å². The average molecular weight is 235 g/mol. The summed E-state index contributed by atoms with van der Waals surface area (Å²) >= 11 is 0. The molecule has 5 heteroatoms. The molecule has 2 aromatic heterocycles. The number of hydrogen-bond acceptors (Lipinski definition) is 5. The molecule has 1 N–H and O–H groups in total. The van der Waals surface area contributed by atoms with Crippen molar-refractivity contribution in [2.75, 3.05) is 19.0 Å². The molecule has 0 radical (unpaired) electrons. The quantitative estimate of drug-likeness (QED) is 0.858. The topological polar surface area (TPSA) is 54.4 Å². The highest BCUT2D eigenvalue weighted by molar-refractivity contribution is 5.29. The minimum Gasteiger partial charge on any atom is -0.469 e. The molecule has 0 aromatic carbocycles. The minimum absolute atomic E-state index is 0.621. The molecule has 2 heterocycles. The van der Waals surface area contributed by atoms with Crippen molar-refractivity contribution >= 4 is 6.01 Å². The summed E-state index contributed by atoms with van der Waals surface area (Å²) in [5.41, 5.74) is 2.04. The number of nitrogens with zero attached hydrogens (tertiary/aromatic N) is 2. The second-order valence-electron chi connectivity index (χ2n) is 4.01. The maximum absolute atomic E-state index is 5.41. The Morgan fingerprint density at radius 2 is 2.24 bits per heavy atom. The van der Waals surface area contributed by atoms with E-state index >= 15 is 0 Å². The third-order valence-corrected chi connectivity index (χ3v) is 2.60. The number of rotatable bonds is 5. The molecule has 0 spiro atoms. The van der Waals surface area contributed by atoms with Gasteiger partial charge in [-0.3, -0.25) is 0 Å². The average Bonchev–Trinajstić information content (AvgIpc) is 2.90. The molecule has 0 aliphatic rings. The summed E-state index contributed by atoms with van der Waals surface area (Å²) in [6.07, 6.45) is 3.37. The van der Waals surface area contributed by atoms with Gasteiger partial charge in [-0.25, -0.2) is 0 Å². The number of anilines is 1. The van der Waals surface area contributed by atoms with Crippen molar-refractivity contribution in [2.45, 2.75) is 20.0 Å². The van der Waals surface area contributed by atoms with Crippen LogP contribution in [0.25, 0.3) is 0 Å². The molecule has 0 aliphatic carbocycles. The predicted molar refractivity (Wildman–Crippen MR) is 64.8 cm³/mol. The van der Waals surface area contributed by atoms with Gasteiger partial charge in [-0.2, -0.15) is 4.98 Å². The van der Waals surface area contributed by atoms with Crippen LogP contribution in [0, 0.1) is 6.92 Å². The van der Waals surface area contributed by atoms with Crippen LogP contribution in [0.5, 0.6) is 0 Å². The van der Waals surface area contributed by atoms with Crippen LogP contribution in [0.2, 0.25) is 0 Å². The van der Waals surface area contributed by atoms with Crippen molar-refractivity contribution in [3.63, 3.8) is 0 Å². The fourth-order valence-corrected chi connectivity index (χ4v) is 1.63. The molecular weight excluding hydrogens is 218 g/mol. The van der Waals surface area contributed by atoms with Gasteiger partial charge >= 0.3 is 0 Å². The van der Waals surface area contributed by atoms with Gasteiger partial charge in [0.1, 0.15) is 12.0 Å². The third-order valence-electron chi connectivity index (χ3n) is 2.60. The van der Waals surface area contributed by atoms with Gasteiger partial charge in [0.25, 0.3) is 6.01 Å². The molecule has 2 aromatic rings. The van der Waals surface area contributed by atoms with E-state index in [1.165, 1.54) is 0 Å². The molecule has 5 nitrogen and oxygen atoms in total. The van der Waals surface area contributed by atoms with Gasteiger partial charge in [-0.15, -0.1) is 0 Å². The number of furan rings is 1. The molecule has 0 unspecified atom stereocenters. The first kappa shape index (κ1) is 11.7. The van der Waals surface area contributed by atoms with Crippen molar-refractivity contribution < 1.29 is 8.83 Å². The molecule has 0 amide bonds. The highest BCUT2D eigenvalue weighted by Gasteiger charge is 2.11. The molecule has 92 valence electrons. The highest BCUT2D eigenvalue weighted by atomic mass is 16.4. The van der Waals surface area contributed by atoms with Crippen LogP contribution in [0.4, 0.5) is 6.01 Å². The Morgan fingerprint density at radius 3 is 2.88 bits per heavy atom. The number of nitrogens with one attached hydrogen (secondary N) is 1. The van der Waals surface area contributed by atoms with E-state index in [9.17, 15) is 0 Å². The molecule has 0 aliphatic heterocycles. The Labute approximate surface area is 100 Å². The normalized spacial score (nSPS) is 10.8. The van der Waals surface area contributed by atoms with E-state index in [0.29, 0.717) is 12.6 Å². The molecule has 17 heavy (non-hydrogen) atoms. The predicted octanol–water partition coefficient (Wildman–Crippen LogP) is 1.93. The van der Waals surface area contributed by atoms with Gasteiger partial charge in [0.15, 0.2) is 0 Å². The van der Waals surface area contributed by atoms with E-state index in [2.05, 4.69) is 10.3 Å². The smallest absolute Gasteiger partial charge is 0.297 e. The van der Waals surface area contributed by atoms with Gasteiger partial charge in [-0.1, -0.05) is 0 Å². The molecule has 2 rings (SSSR count). The lowest BCUT2D eigenvalue weighted by molar-refractivity contribution is 0.524. The summed E-state index contributed by atoms with van der Waals surface area (Å²) in [6.45, 7) is 3.38. The van der Waals surface area contributed by atoms with Crippen molar-refractivity contribution in [2.24, 2.45) is 0 Å². The van der Waals surface area contributed by atoms with Crippen LogP contribution in [-0.4, -0.2) is 19.1 Å². The Hall–Kier alpha value is -1.75. The SMILES string of the molecule is CNCc1coc(N(C)Cc2ccoc2C)n1. The number of aryl methyl sites for hydroxylation is 1. The first-order valence-corrected chi connectivity index (χ1v) is 5.54. The molecular formula is C12H17N3O2. The maximum atomic E-state index is 5.41. The van der Waals surface area contributed by atoms with Crippen LogP contribution in [-0.2, 0) is 13.1 Å². The first-order valence-electron chi connectivity index (χ1n) is 5.54. The van der Waals surface area contributed by atoms with Crippen molar-refractivity contribution in [1.29, 1.82) is 0 Å². The standard InChI is InChI=1S/C12H17N3O2/c1-9-10(4-5-16-9)7-15(3)12-14-11(6-13-2)8-17-12/h4-5,8,13H,6-7H2,1-3H3. The van der Waals surface area contributed by atoms with Crippen molar-refractivity contribution in [3.05, 3.63) is 35.6 Å². The first-order chi connectivity index (χ1) is 8.20. The van der Waals surface area contributed by atoms with E-state index in [4.69, 9.17) is 8.83 Å². The summed E-state index contributed by atoms with van der Waals surface area (Å²) in [5.74, 6) is 0.929. The van der Waals surface area contributed by atoms with E-state index < -0.39 is 0 Å². The Bertz CT molecular complexity index is 476. The van der Waals surface area contributed by atoms with Crippen LogP contribution < -0.4 is 10.2 Å². The largest absolute Gasteiger partial charge is 0.469 e. The van der Waals surface area contributed by atoms with Crippen molar-refractivity contribution in [1.82, 2.24) is 10.3 Å². The molecule has 0 fully saturated rings. The second kappa shape index (κ2) is 5.05. The third kappa shape index (κ3) is 2.68. The lowest BCUT2D eigenvalue weighted by atomic mass is 10.2. The minimum atomic E-state index is 0.621. The number of oxazole rings is 1. The Kier molecular flexibility index (Phi) is 3.49. The number of aromatic nitrogens is 1. The van der Waals surface area contributed by atoms with Crippen LogP contribution in [0.15, 0.2) is 27.4 Å². The fourth-order valence-electron chi connectivity index (χ4n) is 1.63. The lowest BCUT2D eigenvalue weighted by Gasteiger charge is -2.13.